The summed E-state index contributed by atoms with van der Waals surface area (Å²) < 4.78 is 0. The number of carbonyl (C=O) groups is 1. The van der Waals surface area contributed by atoms with Crippen molar-refractivity contribution in [2.45, 2.75) is 44.7 Å². The van der Waals surface area contributed by atoms with E-state index < -0.39 is 0 Å². The summed E-state index contributed by atoms with van der Waals surface area (Å²) >= 11 is 6.22. The number of hydrogen-bond donors (Lipinski definition) is 1. The third-order valence-electron chi connectivity index (χ3n) is 5.25. The van der Waals surface area contributed by atoms with E-state index in [9.17, 15) is 4.79 Å². The molecule has 5 heteroatoms. The summed E-state index contributed by atoms with van der Waals surface area (Å²) in [5, 5.41) is 3.80. The molecule has 2 fully saturated rings. The van der Waals surface area contributed by atoms with Crippen LogP contribution in [0.2, 0.25) is 5.02 Å². The summed E-state index contributed by atoms with van der Waals surface area (Å²) in [6.45, 7) is 6.98. The van der Waals surface area contributed by atoms with Gasteiger partial charge in [-0.3, -0.25) is 14.6 Å². The number of amides is 1. The number of benzene rings is 1. The van der Waals surface area contributed by atoms with Gasteiger partial charge in [-0.05, 0) is 63.9 Å². The Bertz CT molecular complexity index is 559. The summed E-state index contributed by atoms with van der Waals surface area (Å²) in [4.78, 5) is 17.3. The van der Waals surface area contributed by atoms with E-state index in [-0.39, 0.29) is 11.9 Å². The first-order valence-corrected chi connectivity index (χ1v) is 9.51. The Hall–Kier alpha value is -1.10. The lowest BCUT2D eigenvalue weighted by Gasteiger charge is -2.37. The van der Waals surface area contributed by atoms with Crippen molar-refractivity contribution in [1.82, 2.24) is 15.1 Å². The van der Waals surface area contributed by atoms with E-state index in [0.717, 1.165) is 18.7 Å². The molecule has 1 N–H and O–H groups in total. The maximum absolute atomic E-state index is 12.4. The molecule has 4 nitrogen and oxygen atoms in total. The lowest BCUT2D eigenvalue weighted by Crippen LogP contribution is -2.49. The second-order valence-electron chi connectivity index (χ2n) is 7.08. The molecule has 0 radical (unpaired) electrons. The number of halogens is 1. The Balaban J connectivity index is 1.50. The lowest BCUT2D eigenvalue weighted by molar-refractivity contribution is -0.123. The molecule has 2 heterocycles. The van der Waals surface area contributed by atoms with Crippen LogP contribution >= 0.6 is 11.6 Å². The second-order valence-corrected chi connectivity index (χ2v) is 7.49. The van der Waals surface area contributed by atoms with Crippen LogP contribution < -0.4 is 5.32 Å². The van der Waals surface area contributed by atoms with Gasteiger partial charge in [0.2, 0.25) is 5.91 Å². The van der Waals surface area contributed by atoms with Gasteiger partial charge in [0.15, 0.2) is 0 Å². The van der Waals surface area contributed by atoms with E-state index >= 15 is 0 Å². The van der Waals surface area contributed by atoms with Gasteiger partial charge in [-0.2, -0.15) is 0 Å². The van der Waals surface area contributed by atoms with Crippen LogP contribution in [0.1, 0.15) is 44.2 Å². The third kappa shape index (κ3) is 4.50. The predicted molar refractivity (Wildman–Crippen MR) is 98.3 cm³/mol. The Labute approximate surface area is 150 Å². The molecule has 0 aromatic heterocycles. The molecule has 2 atom stereocenters. The number of hydrogen-bond acceptors (Lipinski definition) is 3. The van der Waals surface area contributed by atoms with Crippen LogP contribution in [-0.4, -0.2) is 54.5 Å². The van der Waals surface area contributed by atoms with Crippen molar-refractivity contribution in [2.75, 3.05) is 32.7 Å². The van der Waals surface area contributed by atoms with Crippen LogP contribution in [0, 0.1) is 0 Å². The van der Waals surface area contributed by atoms with Crippen LogP contribution in [0.15, 0.2) is 24.3 Å². The zero-order chi connectivity index (χ0) is 16.9. The first kappa shape index (κ1) is 17.7. The van der Waals surface area contributed by atoms with Gasteiger partial charge < -0.3 is 5.32 Å². The molecule has 1 aromatic carbocycles. The highest BCUT2D eigenvalue weighted by molar-refractivity contribution is 6.31. The van der Waals surface area contributed by atoms with Crippen molar-refractivity contribution in [3.05, 3.63) is 34.9 Å². The van der Waals surface area contributed by atoms with E-state index in [1.165, 1.54) is 38.8 Å². The molecule has 24 heavy (non-hydrogen) atoms. The molecular weight excluding hydrogens is 322 g/mol. The van der Waals surface area contributed by atoms with Crippen LogP contribution in [0.3, 0.4) is 0 Å². The van der Waals surface area contributed by atoms with E-state index in [4.69, 9.17) is 11.6 Å². The maximum atomic E-state index is 12.4. The van der Waals surface area contributed by atoms with Gasteiger partial charge in [0.1, 0.15) is 0 Å². The molecule has 1 amide bonds. The minimum atomic E-state index is -0.0645. The molecular formula is C19H28ClN3O. The minimum absolute atomic E-state index is 0.0645. The molecule has 1 aromatic rings. The predicted octanol–water partition coefficient (Wildman–Crippen LogP) is 3.08. The number of nitrogens with one attached hydrogen (secondary N) is 1. The maximum Gasteiger partial charge on any atom is 0.234 e. The average Bonchev–Trinajstić information content (AvgIpc) is 3.10. The molecule has 3 rings (SSSR count). The van der Waals surface area contributed by atoms with E-state index in [0.29, 0.717) is 17.6 Å². The quantitative estimate of drug-likeness (QED) is 0.887. The molecule has 0 saturated carbocycles. The Morgan fingerprint density at radius 3 is 2.75 bits per heavy atom. The highest BCUT2D eigenvalue weighted by Crippen LogP contribution is 2.23. The lowest BCUT2D eigenvalue weighted by atomic mass is 10.0. The van der Waals surface area contributed by atoms with Gasteiger partial charge >= 0.3 is 0 Å². The van der Waals surface area contributed by atoms with Crippen molar-refractivity contribution in [3.8, 4) is 0 Å². The van der Waals surface area contributed by atoms with Gasteiger partial charge in [0.25, 0.3) is 0 Å². The van der Waals surface area contributed by atoms with Crippen molar-refractivity contribution < 1.29 is 4.79 Å². The van der Waals surface area contributed by atoms with Gasteiger partial charge in [-0.25, -0.2) is 0 Å². The van der Waals surface area contributed by atoms with E-state index in [1.54, 1.807) is 0 Å². The summed E-state index contributed by atoms with van der Waals surface area (Å²) in [7, 11) is 0. The van der Waals surface area contributed by atoms with Crippen molar-refractivity contribution in [2.24, 2.45) is 0 Å². The average molecular weight is 350 g/mol. The molecule has 0 aliphatic carbocycles. The van der Waals surface area contributed by atoms with Gasteiger partial charge in [0, 0.05) is 17.6 Å². The first-order chi connectivity index (χ1) is 11.6. The molecule has 132 valence electrons. The van der Waals surface area contributed by atoms with Crippen LogP contribution in [0.4, 0.5) is 0 Å². The summed E-state index contributed by atoms with van der Waals surface area (Å²) in [6, 6.07) is 8.27. The zero-order valence-corrected chi connectivity index (χ0v) is 15.3. The Morgan fingerprint density at radius 1 is 1.25 bits per heavy atom. The summed E-state index contributed by atoms with van der Waals surface area (Å²) in [5.41, 5.74) is 0.973. The van der Waals surface area contributed by atoms with Gasteiger partial charge in [0.05, 0.1) is 12.6 Å². The molecule has 2 aliphatic heterocycles. The fourth-order valence-corrected chi connectivity index (χ4v) is 4.27. The second kappa shape index (κ2) is 8.32. The van der Waals surface area contributed by atoms with E-state index in [2.05, 4.69) is 15.1 Å². The molecule has 0 unspecified atom stereocenters. The van der Waals surface area contributed by atoms with Crippen molar-refractivity contribution in [3.63, 3.8) is 0 Å². The fraction of sp³-hybridized carbons (Fsp3) is 0.632. The number of rotatable bonds is 5. The van der Waals surface area contributed by atoms with E-state index in [1.807, 2.05) is 31.2 Å². The topological polar surface area (TPSA) is 35.6 Å². The highest BCUT2D eigenvalue weighted by Gasteiger charge is 2.28. The minimum Gasteiger partial charge on any atom is -0.348 e. The van der Waals surface area contributed by atoms with Crippen molar-refractivity contribution >= 4 is 17.5 Å². The molecule has 2 aliphatic rings. The SMILES string of the molecule is C[C@@H](NC(=O)CN1CCC[C@H](N2CCCC2)C1)c1ccccc1Cl. The summed E-state index contributed by atoms with van der Waals surface area (Å²) in [6.07, 6.45) is 5.11. The largest absolute Gasteiger partial charge is 0.348 e. The third-order valence-corrected chi connectivity index (χ3v) is 5.60. The number of carbonyl (C=O) groups excluding carboxylic acids is 1. The van der Waals surface area contributed by atoms with Gasteiger partial charge in [-0.1, -0.05) is 29.8 Å². The highest BCUT2D eigenvalue weighted by atomic mass is 35.5. The Morgan fingerprint density at radius 2 is 2.00 bits per heavy atom. The first-order valence-electron chi connectivity index (χ1n) is 9.13. The number of nitrogens with zero attached hydrogens (tertiary/aromatic N) is 2. The Kier molecular flexibility index (Phi) is 6.14. The van der Waals surface area contributed by atoms with Crippen LogP contribution in [-0.2, 0) is 4.79 Å². The monoisotopic (exact) mass is 349 g/mol. The standard InChI is InChI=1S/C19H28ClN3O/c1-15(17-8-2-3-9-18(17)20)21-19(24)14-22-10-6-7-16(13-22)23-11-4-5-12-23/h2-3,8-9,15-16H,4-7,10-14H2,1H3,(H,21,24)/t15-,16+/m1/s1. The van der Waals surface area contributed by atoms with Crippen LogP contribution in [0.25, 0.3) is 0 Å². The smallest absolute Gasteiger partial charge is 0.234 e. The normalized spacial score (nSPS) is 24.0. The van der Waals surface area contributed by atoms with Gasteiger partial charge in [-0.15, -0.1) is 0 Å². The summed E-state index contributed by atoms with van der Waals surface area (Å²) in [5.74, 6) is 0.0875. The zero-order valence-electron chi connectivity index (χ0n) is 14.5. The fourth-order valence-electron chi connectivity index (χ4n) is 3.97. The molecule has 0 bridgehead atoms. The van der Waals surface area contributed by atoms with Crippen LogP contribution in [0.5, 0.6) is 0 Å². The van der Waals surface area contributed by atoms with Crippen molar-refractivity contribution in [1.29, 1.82) is 0 Å². The number of piperidine rings is 1. The molecule has 2 saturated heterocycles. The molecule has 0 spiro atoms. The number of likely N-dealkylation sites (tertiary alicyclic amines) is 2.